The number of ether oxygens (including phenoxy) is 1. The van der Waals surface area contributed by atoms with Gasteiger partial charge in [-0.3, -0.25) is 4.79 Å². The van der Waals surface area contributed by atoms with E-state index in [0.29, 0.717) is 5.92 Å². The molecule has 0 saturated heterocycles. The third kappa shape index (κ3) is 3.59. The Balaban J connectivity index is 2.06. The van der Waals surface area contributed by atoms with Gasteiger partial charge < -0.3 is 4.74 Å². The highest BCUT2D eigenvalue weighted by Crippen LogP contribution is 2.35. The highest BCUT2D eigenvalue weighted by molar-refractivity contribution is 5.72. The van der Waals surface area contributed by atoms with E-state index in [-0.39, 0.29) is 18.0 Å². The van der Waals surface area contributed by atoms with Crippen LogP contribution in [0.2, 0.25) is 0 Å². The lowest BCUT2D eigenvalue weighted by Gasteiger charge is -2.32. The second-order valence-corrected chi connectivity index (χ2v) is 5.59. The van der Waals surface area contributed by atoms with Crippen molar-refractivity contribution in [2.45, 2.75) is 58.0 Å². The lowest BCUT2D eigenvalue weighted by molar-refractivity contribution is -0.156. The van der Waals surface area contributed by atoms with Crippen LogP contribution in [0.5, 0.6) is 0 Å². The van der Waals surface area contributed by atoms with E-state index in [1.807, 2.05) is 19.9 Å². The van der Waals surface area contributed by atoms with Crippen molar-refractivity contribution in [3.05, 3.63) is 35.9 Å². The number of esters is 1. The van der Waals surface area contributed by atoms with E-state index in [1.165, 1.54) is 18.4 Å². The Morgan fingerprint density at radius 1 is 1.26 bits per heavy atom. The molecule has 1 aromatic rings. The van der Waals surface area contributed by atoms with Crippen molar-refractivity contribution in [3.63, 3.8) is 0 Å². The van der Waals surface area contributed by atoms with E-state index in [9.17, 15) is 4.79 Å². The third-order valence-electron chi connectivity index (χ3n) is 4.21. The molecule has 0 aromatic heterocycles. The van der Waals surface area contributed by atoms with Crippen molar-refractivity contribution in [3.8, 4) is 0 Å². The van der Waals surface area contributed by atoms with E-state index < -0.39 is 0 Å². The maximum absolute atomic E-state index is 12.0. The van der Waals surface area contributed by atoms with Gasteiger partial charge in [-0.15, -0.1) is 0 Å². The Morgan fingerprint density at radius 2 is 1.95 bits per heavy atom. The number of carbonyl (C=O) groups excluding carboxylic acids is 1. The number of carbonyl (C=O) groups is 1. The lowest BCUT2D eigenvalue weighted by Crippen LogP contribution is -2.30. The summed E-state index contributed by atoms with van der Waals surface area (Å²) in [5, 5.41) is 0. The largest absolute Gasteiger partial charge is 0.462 e. The number of hydrogen-bond acceptors (Lipinski definition) is 2. The minimum Gasteiger partial charge on any atom is -0.462 e. The van der Waals surface area contributed by atoms with Gasteiger partial charge in [-0.05, 0) is 31.2 Å². The summed E-state index contributed by atoms with van der Waals surface area (Å²) < 4.78 is 5.77. The topological polar surface area (TPSA) is 26.3 Å². The van der Waals surface area contributed by atoms with Crippen LogP contribution in [-0.2, 0) is 9.53 Å². The molecule has 0 radical (unpaired) electrons. The quantitative estimate of drug-likeness (QED) is 0.754. The molecule has 1 aliphatic rings. The molecule has 2 heteroatoms. The first-order chi connectivity index (χ1) is 9.22. The van der Waals surface area contributed by atoms with Crippen LogP contribution < -0.4 is 0 Å². The summed E-state index contributed by atoms with van der Waals surface area (Å²) in [6.07, 6.45) is 5.45. The van der Waals surface area contributed by atoms with Crippen molar-refractivity contribution < 1.29 is 9.53 Å². The van der Waals surface area contributed by atoms with Crippen molar-refractivity contribution in [2.75, 3.05) is 0 Å². The molecule has 0 bridgehead atoms. The molecule has 104 valence electrons. The first-order valence-corrected chi connectivity index (χ1v) is 7.47. The minimum absolute atomic E-state index is 0.0124. The SMILES string of the molecule is CC[C@H](C)C(=O)O[C@H]1CCCC[C@@H]1c1ccccc1. The maximum Gasteiger partial charge on any atom is 0.308 e. The van der Waals surface area contributed by atoms with Gasteiger partial charge in [0.2, 0.25) is 0 Å². The van der Waals surface area contributed by atoms with Gasteiger partial charge in [0.1, 0.15) is 6.10 Å². The fourth-order valence-corrected chi connectivity index (χ4v) is 2.75. The number of benzene rings is 1. The normalized spacial score (nSPS) is 24.7. The summed E-state index contributed by atoms with van der Waals surface area (Å²) in [5.41, 5.74) is 1.31. The van der Waals surface area contributed by atoms with Gasteiger partial charge >= 0.3 is 5.97 Å². The van der Waals surface area contributed by atoms with Crippen LogP contribution >= 0.6 is 0 Å². The summed E-state index contributed by atoms with van der Waals surface area (Å²) in [4.78, 5) is 12.0. The fourth-order valence-electron chi connectivity index (χ4n) is 2.75. The maximum atomic E-state index is 12.0. The van der Waals surface area contributed by atoms with Crippen molar-refractivity contribution >= 4 is 5.97 Å². The van der Waals surface area contributed by atoms with Crippen LogP contribution in [0.25, 0.3) is 0 Å². The standard InChI is InChI=1S/C17H24O2/c1-3-13(2)17(18)19-16-12-8-7-11-15(16)14-9-5-4-6-10-14/h4-6,9-10,13,15-16H,3,7-8,11-12H2,1-2H3/t13-,15+,16-/m0/s1. The lowest BCUT2D eigenvalue weighted by atomic mass is 9.81. The second-order valence-electron chi connectivity index (χ2n) is 5.59. The molecule has 2 rings (SSSR count). The van der Waals surface area contributed by atoms with Gasteiger partial charge in [0.15, 0.2) is 0 Å². The Kier molecular flexibility index (Phi) is 5.00. The molecule has 1 aromatic carbocycles. The van der Waals surface area contributed by atoms with E-state index in [1.54, 1.807) is 0 Å². The Morgan fingerprint density at radius 3 is 2.63 bits per heavy atom. The Labute approximate surface area is 116 Å². The molecule has 19 heavy (non-hydrogen) atoms. The summed E-state index contributed by atoms with van der Waals surface area (Å²) in [6, 6.07) is 10.5. The molecule has 0 N–H and O–H groups in total. The molecule has 0 spiro atoms. The summed E-state index contributed by atoms with van der Waals surface area (Å²) in [5.74, 6) is 0.358. The van der Waals surface area contributed by atoms with Crippen LogP contribution in [-0.4, -0.2) is 12.1 Å². The highest BCUT2D eigenvalue weighted by Gasteiger charge is 2.30. The molecule has 2 nitrogen and oxygen atoms in total. The van der Waals surface area contributed by atoms with Crippen molar-refractivity contribution in [1.29, 1.82) is 0 Å². The van der Waals surface area contributed by atoms with E-state index in [0.717, 1.165) is 19.3 Å². The van der Waals surface area contributed by atoms with E-state index in [4.69, 9.17) is 4.74 Å². The fraction of sp³-hybridized carbons (Fsp3) is 0.588. The molecule has 3 atom stereocenters. The summed E-state index contributed by atoms with van der Waals surface area (Å²) >= 11 is 0. The number of rotatable bonds is 4. The summed E-state index contributed by atoms with van der Waals surface area (Å²) in [6.45, 7) is 3.98. The molecule has 1 aliphatic carbocycles. The molecule has 0 aliphatic heterocycles. The van der Waals surface area contributed by atoms with Crippen LogP contribution in [0.4, 0.5) is 0 Å². The first kappa shape index (κ1) is 14.1. The Bertz CT molecular complexity index is 399. The average Bonchev–Trinajstić information content (AvgIpc) is 2.47. The Hall–Kier alpha value is -1.31. The van der Waals surface area contributed by atoms with Crippen molar-refractivity contribution in [1.82, 2.24) is 0 Å². The average molecular weight is 260 g/mol. The van der Waals surface area contributed by atoms with E-state index >= 15 is 0 Å². The highest BCUT2D eigenvalue weighted by atomic mass is 16.5. The van der Waals surface area contributed by atoms with Gasteiger partial charge in [0.05, 0.1) is 5.92 Å². The van der Waals surface area contributed by atoms with Crippen molar-refractivity contribution in [2.24, 2.45) is 5.92 Å². The zero-order valence-electron chi connectivity index (χ0n) is 12.0. The van der Waals surface area contributed by atoms with Gasteiger partial charge in [0, 0.05) is 5.92 Å². The van der Waals surface area contributed by atoms with Gasteiger partial charge in [0.25, 0.3) is 0 Å². The molecule has 0 heterocycles. The monoisotopic (exact) mass is 260 g/mol. The molecule has 0 amide bonds. The van der Waals surface area contributed by atoms with Crippen LogP contribution in [0, 0.1) is 5.92 Å². The molecular formula is C17H24O2. The first-order valence-electron chi connectivity index (χ1n) is 7.47. The zero-order chi connectivity index (χ0) is 13.7. The predicted octanol–water partition coefficient (Wildman–Crippen LogP) is 4.30. The smallest absolute Gasteiger partial charge is 0.308 e. The number of hydrogen-bond donors (Lipinski definition) is 0. The third-order valence-corrected chi connectivity index (χ3v) is 4.21. The predicted molar refractivity (Wildman–Crippen MR) is 77.0 cm³/mol. The summed E-state index contributed by atoms with van der Waals surface area (Å²) in [7, 11) is 0. The van der Waals surface area contributed by atoms with Gasteiger partial charge in [-0.1, -0.05) is 50.6 Å². The minimum atomic E-state index is -0.0321. The second kappa shape index (κ2) is 6.74. The molecule has 0 unspecified atom stereocenters. The van der Waals surface area contributed by atoms with Gasteiger partial charge in [-0.25, -0.2) is 0 Å². The van der Waals surface area contributed by atoms with Gasteiger partial charge in [-0.2, -0.15) is 0 Å². The van der Waals surface area contributed by atoms with E-state index in [2.05, 4.69) is 24.3 Å². The molecule has 1 fully saturated rings. The molecular weight excluding hydrogens is 236 g/mol. The van der Waals surface area contributed by atoms with Crippen LogP contribution in [0.15, 0.2) is 30.3 Å². The molecule has 1 saturated carbocycles. The zero-order valence-corrected chi connectivity index (χ0v) is 12.0. The van der Waals surface area contributed by atoms with Crippen LogP contribution in [0.1, 0.15) is 57.4 Å². The van der Waals surface area contributed by atoms with Crippen LogP contribution in [0.3, 0.4) is 0 Å².